The SMILES string of the molecule is COCc1cn(C2COC3C(NC(=O)COc4ccccc4)COC32)nn1. The molecule has 2 aromatic rings. The third-order valence-corrected chi connectivity index (χ3v) is 4.68. The summed E-state index contributed by atoms with van der Waals surface area (Å²) in [7, 11) is 1.61. The summed E-state index contributed by atoms with van der Waals surface area (Å²) in [4.78, 5) is 12.2. The number of aromatic nitrogens is 3. The highest BCUT2D eigenvalue weighted by Crippen LogP contribution is 2.33. The molecule has 0 bridgehead atoms. The number of carbonyl (C=O) groups is 1. The number of methoxy groups -OCH3 is 1. The number of nitrogens with zero attached hydrogens (tertiary/aromatic N) is 3. The molecule has 0 radical (unpaired) electrons. The number of hydrogen-bond acceptors (Lipinski definition) is 7. The predicted octanol–water partition coefficient (Wildman–Crippen LogP) is 0.327. The van der Waals surface area contributed by atoms with Crippen LogP contribution in [0.2, 0.25) is 0 Å². The lowest BCUT2D eigenvalue weighted by atomic mass is 10.1. The van der Waals surface area contributed by atoms with Gasteiger partial charge in [-0.2, -0.15) is 0 Å². The number of hydrogen-bond donors (Lipinski definition) is 1. The minimum Gasteiger partial charge on any atom is -0.484 e. The van der Waals surface area contributed by atoms with Crippen molar-refractivity contribution < 1.29 is 23.7 Å². The van der Waals surface area contributed by atoms with Crippen LogP contribution in [0, 0.1) is 0 Å². The third kappa shape index (κ3) is 3.95. The van der Waals surface area contributed by atoms with Gasteiger partial charge < -0.3 is 24.3 Å². The minimum absolute atomic E-state index is 0.0508. The Morgan fingerprint density at radius 2 is 2.07 bits per heavy atom. The molecule has 1 N–H and O–H groups in total. The van der Waals surface area contributed by atoms with Crippen LogP contribution in [-0.2, 0) is 25.6 Å². The van der Waals surface area contributed by atoms with Crippen LogP contribution < -0.4 is 10.1 Å². The van der Waals surface area contributed by atoms with Gasteiger partial charge in [0.2, 0.25) is 0 Å². The molecule has 2 fully saturated rings. The van der Waals surface area contributed by atoms with Gasteiger partial charge in [0.25, 0.3) is 5.91 Å². The fraction of sp³-hybridized carbons (Fsp3) is 0.500. The summed E-state index contributed by atoms with van der Waals surface area (Å²) in [5.41, 5.74) is 0.752. The van der Waals surface area contributed by atoms with Crippen LogP contribution >= 0.6 is 0 Å². The molecule has 2 saturated heterocycles. The lowest BCUT2D eigenvalue weighted by Crippen LogP contribution is -2.45. The monoisotopic (exact) mass is 374 g/mol. The lowest BCUT2D eigenvalue weighted by Gasteiger charge is -2.18. The Kier molecular flexibility index (Phi) is 5.33. The molecule has 0 saturated carbocycles. The molecule has 0 aliphatic carbocycles. The van der Waals surface area contributed by atoms with E-state index in [4.69, 9.17) is 18.9 Å². The summed E-state index contributed by atoms with van der Waals surface area (Å²) in [6.45, 7) is 1.20. The summed E-state index contributed by atoms with van der Waals surface area (Å²) < 4.78 is 24.1. The zero-order valence-electron chi connectivity index (χ0n) is 15.0. The fourth-order valence-corrected chi connectivity index (χ4v) is 3.43. The Bertz CT molecular complexity index is 768. The molecule has 0 spiro atoms. The van der Waals surface area contributed by atoms with Gasteiger partial charge in [0.05, 0.1) is 32.1 Å². The van der Waals surface area contributed by atoms with E-state index in [1.165, 1.54) is 0 Å². The summed E-state index contributed by atoms with van der Waals surface area (Å²) in [6.07, 6.45) is 1.44. The van der Waals surface area contributed by atoms with E-state index in [9.17, 15) is 4.79 Å². The van der Waals surface area contributed by atoms with Gasteiger partial charge in [0, 0.05) is 7.11 Å². The van der Waals surface area contributed by atoms with Crippen LogP contribution in [0.4, 0.5) is 0 Å². The van der Waals surface area contributed by atoms with Crippen molar-refractivity contribution in [3.8, 4) is 5.75 Å². The number of carbonyl (C=O) groups excluding carboxylic acids is 1. The maximum atomic E-state index is 12.2. The van der Waals surface area contributed by atoms with E-state index < -0.39 is 0 Å². The molecule has 1 amide bonds. The zero-order chi connectivity index (χ0) is 18.6. The molecule has 9 heteroatoms. The molecule has 2 aliphatic heterocycles. The van der Waals surface area contributed by atoms with Crippen LogP contribution in [-0.4, -0.2) is 66.1 Å². The van der Waals surface area contributed by atoms with Crippen molar-refractivity contribution in [3.05, 3.63) is 42.2 Å². The average Bonchev–Trinajstić information content (AvgIpc) is 3.39. The summed E-state index contributed by atoms with van der Waals surface area (Å²) in [6, 6.07) is 8.94. The van der Waals surface area contributed by atoms with Crippen LogP contribution in [0.5, 0.6) is 5.75 Å². The van der Waals surface area contributed by atoms with Gasteiger partial charge in [-0.05, 0) is 12.1 Å². The van der Waals surface area contributed by atoms with E-state index in [1.54, 1.807) is 11.8 Å². The summed E-state index contributed by atoms with van der Waals surface area (Å²) >= 11 is 0. The lowest BCUT2D eigenvalue weighted by molar-refractivity contribution is -0.124. The van der Waals surface area contributed by atoms with Crippen molar-refractivity contribution in [1.82, 2.24) is 20.3 Å². The third-order valence-electron chi connectivity index (χ3n) is 4.68. The van der Waals surface area contributed by atoms with E-state index in [1.807, 2.05) is 36.5 Å². The Balaban J connectivity index is 1.31. The summed E-state index contributed by atoms with van der Waals surface area (Å²) in [5, 5.41) is 11.2. The quantitative estimate of drug-likeness (QED) is 0.746. The molecule has 27 heavy (non-hydrogen) atoms. The van der Waals surface area contributed by atoms with Gasteiger partial charge in [-0.1, -0.05) is 23.4 Å². The minimum atomic E-state index is -0.217. The van der Waals surface area contributed by atoms with E-state index in [-0.39, 0.29) is 36.8 Å². The number of amides is 1. The first kappa shape index (κ1) is 17.9. The largest absolute Gasteiger partial charge is 0.484 e. The van der Waals surface area contributed by atoms with Crippen molar-refractivity contribution in [2.24, 2.45) is 0 Å². The first-order chi connectivity index (χ1) is 13.2. The standard InChI is InChI=1S/C18H22N4O5/c1-24-8-12-7-22(21-20-12)15-10-27-17-14(9-26-18(15)17)19-16(23)11-25-13-5-3-2-4-6-13/h2-7,14-15,17-18H,8-11H2,1H3,(H,19,23). The van der Waals surface area contributed by atoms with Crippen molar-refractivity contribution in [3.63, 3.8) is 0 Å². The second-order valence-corrected chi connectivity index (χ2v) is 6.56. The van der Waals surface area contributed by atoms with Gasteiger partial charge >= 0.3 is 0 Å². The molecule has 144 valence electrons. The van der Waals surface area contributed by atoms with Gasteiger partial charge in [-0.15, -0.1) is 5.10 Å². The fourth-order valence-electron chi connectivity index (χ4n) is 3.43. The molecule has 9 nitrogen and oxygen atoms in total. The first-order valence-corrected chi connectivity index (χ1v) is 8.84. The molecule has 3 heterocycles. The molecular formula is C18H22N4O5. The number of fused-ring (bicyclic) bond motifs is 1. The Morgan fingerprint density at radius 3 is 2.89 bits per heavy atom. The highest BCUT2D eigenvalue weighted by molar-refractivity contribution is 5.78. The van der Waals surface area contributed by atoms with Crippen molar-refractivity contribution in [2.45, 2.75) is 30.9 Å². The first-order valence-electron chi connectivity index (χ1n) is 8.84. The predicted molar refractivity (Wildman–Crippen MR) is 93.1 cm³/mol. The Labute approximate surface area is 156 Å². The number of rotatable bonds is 7. The highest BCUT2D eigenvalue weighted by atomic mass is 16.6. The number of para-hydroxylation sites is 1. The zero-order valence-corrected chi connectivity index (χ0v) is 15.0. The summed E-state index contributed by atoms with van der Waals surface area (Å²) in [5.74, 6) is 0.451. The van der Waals surface area contributed by atoms with Gasteiger partial charge in [-0.25, -0.2) is 4.68 Å². The maximum absolute atomic E-state index is 12.2. The Morgan fingerprint density at radius 1 is 1.26 bits per heavy atom. The highest BCUT2D eigenvalue weighted by Gasteiger charge is 2.49. The van der Waals surface area contributed by atoms with Crippen molar-refractivity contribution in [1.29, 1.82) is 0 Å². The molecular weight excluding hydrogens is 352 g/mol. The van der Waals surface area contributed by atoms with Crippen molar-refractivity contribution >= 4 is 5.91 Å². The van der Waals surface area contributed by atoms with Crippen LogP contribution in [0.1, 0.15) is 11.7 Å². The van der Waals surface area contributed by atoms with Gasteiger partial charge in [0.15, 0.2) is 6.61 Å². The molecule has 4 atom stereocenters. The van der Waals surface area contributed by atoms with Gasteiger partial charge in [0.1, 0.15) is 29.7 Å². The van der Waals surface area contributed by atoms with E-state index >= 15 is 0 Å². The average molecular weight is 374 g/mol. The molecule has 1 aromatic carbocycles. The van der Waals surface area contributed by atoms with Crippen LogP contribution in [0.3, 0.4) is 0 Å². The van der Waals surface area contributed by atoms with E-state index in [2.05, 4.69) is 15.6 Å². The maximum Gasteiger partial charge on any atom is 0.258 e. The van der Waals surface area contributed by atoms with Gasteiger partial charge in [-0.3, -0.25) is 4.79 Å². The smallest absolute Gasteiger partial charge is 0.258 e. The second kappa shape index (κ2) is 8.03. The van der Waals surface area contributed by atoms with Crippen LogP contribution in [0.25, 0.3) is 0 Å². The molecule has 2 aliphatic rings. The van der Waals surface area contributed by atoms with Crippen molar-refractivity contribution in [2.75, 3.05) is 26.9 Å². The molecule has 4 unspecified atom stereocenters. The van der Waals surface area contributed by atoms with Crippen LogP contribution in [0.15, 0.2) is 36.5 Å². The number of ether oxygens (including phenoxy) is 4. The normalized spacial score (nSPS) is 26.7. The topological polar surface area (TPSA) is 96.7 Å². The second-order valence-electron chi connectivity index (χ2n) is 6.56. The van der Waals surface area contributed by atoms with E-state index in [0.717, 1.165) is 5.69 Å². The number of benzene rings is 1. The Hall–Kier alpha value is -2.49. The number of nitrogens with one attached hydrogen (secondary N) is 1. The molecule has 4 rings (SSSR count). The molecule has 1 aromatic heterocycles. The van der Waals surface area contributed by atoms with E-state index in [0.29, 0.717) is 25.6 Å².